The molecule has 1 aliphatic heterocycles. The van der Waals surface area contributed by atoms with Gasteiger partial charge in [-0.25, -0.2) is 0 Å². The molecule has 1 amide bonds. The zero-order chi connectivity index (χ0) is 15.4. The summed E-state index contributed by atoms with van der Waals surface area (Å²) in [7, 11) is 0. The van der Waals surface area contributed by atoms with E-state index in [2.05, 4.69) is 31.3 Å². The Bertz CT molecular complexity index is 601. The molecule has 0 spiro atoms. The van der Waals surface area contributed by atoms with Crippen molar-refractivity contribution in [2.45, 2.75) is 45.1 Å². The standard InChI is InChI=1S/C19H25NO2/c1-17-13-22-19(12-15(17)8-10-18(17,19)2)16(21)20-11-9-14-6-4-3-5-7-14/h3-7,15H,8-13H2,1-2H3,(H,20,21)/t15-,17+,18-,19+/m0/s1. The Morgan fingerprint density at radius 3 is 2.77 bits per heavy atom. The third-order valence-electron chi connectivity index (χ3n) is 7.11. The molecule has 2 saturated carbocycles. The summed E-state index contributed by atoms with van der Waals surface area (Å²) in [6.07, 6.45) is 4.17. The first-order valence-electron chi connectivity index (χ1n) is 8.48. The van der Waals surface area contributed by atoms with Gasteiger partial charge in [0.05, 0.1) is 6.61 Å². The van der Waals surface area contributed by atoms with Crippen LogP contribution in [-0.2, 0) is 16.0 Å². The molecule has 0 radical (unpaired) electrons. The molecule has 4 atom stereocenters. The number of hydrogen-bond donors (Lipinski definition) is 1. The van der Waals surface area contributed by atoms with Gasteiger partial charge in [0.15, 0.2) is 5.60 Å². The second kappa shape index (κ2) is 4.58. The van der Waals surface area contributed by atoms with Crippen LogP contribution in [0.15, 0.2) is 30.3 Å². The van der Waals surface area contributed by atoms with E-state index in [0.717, 1.165) is 25.9 Å². The third kappa shape index (κ3) is 1.58. The van der Waals surface area contributed by atoms with Crippen LogP contribution in [0.2, 0.25) is 0 Å². The lowest BCUT2D eigenvalue weighted by Crippen LogP contribution is -2.55. The zero-order valence-corrected chi connectivity index (χ0v) is 13.5. The fourth-order valence-corrected chi connectivity index (χ4v) is 5.37. The van der Waals surface area contributed by atoms with Crippen molar-refractivity contribution in [1.82, 2.24) is 5.32 Å². The van der Waals surface area contributed by atoms with Crippen LogP contribution in [0.3, 0.4) is 0 Å². The molecule has 3 heteroatoms. The lowest BCUT2D eigenvalue weighted by molar-refractivity contribution is -0.155. The predicted octanol–water partition coefficient (Wildman–Crippen LogP) is 2.94. The maximum Gasteiger partial charge on any atom is 0.252 e. The largest absolute Gasteiger partial charge is 0.364 e. The van der Waals surface area contributed by atoms with Gasteiger partial charge in [-0.2, -0.15) is 0 Å². The van der Waals surface area contributed by atoms with Gasteiger partial charge >= 0.3 is 0 Å². The van der Waals surface area contributed by atoms with Crippen molar-refractivity contribution < 1.29 is 9.53 Å². The van der Waals surface area contributed by atoms with Crippen molar-refractivity contribution in [3.05, 3.63) is 35.9 Å². The van der Waals surface area contributed by atoms with Gasteiger partial charge in [-0.15, -0.1) is 0 Å². The van der Waals surface area contributed by atoms with Crippen LogP contribution in [0.1, 0.15) is 38.7 Å². The smallest absolute Gasteiger partial charge is 0.252 e. The molecule has 4 rings (SSSR count). The van der Waals surface area contributed by atoms with E-state index in [0.29, 0.717) is 12.5 Å². The first kappa shape index (κ1) is 14.3. The van der Waals surface area contributed by atoms with Crippen molar-refractivity contribution in [3.8, 4) is 0 Å². The maximum absolute atomic E-state index is 12.9. The van der Waals surface area contributed by atoms with E-state index >= 15 is 0 Å². The fourth-order valence-electron chi connectivity index (χ4n) is 5.37. The molecular formula is C19H25NO2. The Kier molecular flexibility index (Phi) is 2.96. The Hall–Kier alpha value is -1.35. The highest BCUT2D eigenvalue weighted by atomic mass is 16.5. The summed E-state index contributed by atoms with van der Waals surface area (Å²) in [6, 6.07) is 10.3. The minimum absolute atomic E-state index is 0.0154. The lowest BCUT2D eigenvalue weighted by atomic mass is 9.66. The van der Waals surface area contributed by atoms with E-state index in [-0.39, 0.29) is 16.7 Å². The number of hydrogen-bond acceptors (Lipinski definition) is 2. The predicted molar refractivity (Wildman–Crippen MR) is 85.4 cm³/mol. The van der Waals surface area contributed by atoms with E-state index in [9.17, 15) is 4.79 Å². The van der Waals surface area contributed by atoms with Gasteiger partial charge in [-0.3, -0.25) is 4.79 Å². The molecule has 3 nitrogen and oxygen atoms in total. The van der Waals surface area contributed by atoms with Crippen LogP contribution in [0.4, 0.5) is 0 Å². The van der Waals surface area contributed by atoms with E-state index in [1.807, 2.05) is 18.2 Å². The van der Waals surface area contributed by atoms with Gasteiger partial charge < -0.3 is 10.1 Å². The van der Waals surface area contributed by atoms with Gasteiger partial charge in [0, 0.05) is 17.4 Å². The van der Waals surface area contributed by atoms with E-state index in [1.54, 1.807) is 0 Å². The van der Waals surface area contributed by atoms with Gasteiger partial charge in [-0.1, -0.05) is 44.2 Å². The number of benzene rings is 1. The Morgan fingerprint density at radius 1 is 1.32 bits per heavy atom. The molecule has 4 bridgehead atoms. The summed E-state index contributed by atoms with van der Waals surface area (Å²) >= 11 is 0. The van der Waals surface area contributed by atoms with Gasteiger partial charge in [0.2, 0.25) is 0 Å². The van der Waals surface area contributed by atoms with Crippen molar-refractivity contribution in [3.63, 3.8) is 0 Å². The molecule has 2 aliphatic carbocycles. The highest BCUT2D eigenvalue weighted by molar-refractivity contribution is 5.88. The molecule has 3 aliphatic rings. The average molecular weight is 299 g/mol. The summed E-state index contributed by atoms with van der Waals surface area (Å²) in [5, 5.41) is 3.15. The third-order valence-corrected chi connectivity index (χ3v) is 7.11. The normalized spacial score (nSPS) is 41.8. The van der Waals surface area contributed by atoms with Crippen molar-refractivity contribution >= 4 is 5.91 Å². The van der Waals surface area contributed by atoms with Crippen molar-refractivity contribution in [2.75, 3.05) is 13.2 Å². The summed E-state index contributed by atoms with van der Waals surface area (Å²) in [6.45, 7) is 6.05. The zero-order valence-electron chi connectivity index (χ0n) is 13.5. The summed E-state index contributed by atoms with van der Waals surface area (Å²) in [5.74, 6) is 0.781. The molecule has 1 N–H and O–H groups in total. The molecule has 1 heterocycles. The fraction of sp³-hybridized carbons (Fsp3) is 0.632. The number of carbonyl (C=O) groups excluding carboxylic acids is 1. The van der Waals surface area contributed by atoms with Crippen LogP contribution in [0, 0.1) is 16.7 Å². The molecule has 3 fully saturated rings. The highest BCUT2D eigenvalue weighted by Gasteiger charge is 2.78. The molecule has 22 heavy (non-hydrogen) atoms. The molecular weight excluding hydrogens is 274 g/mol. The topological polar surface area (TPSA) is 38.3 Å². The number of ether oxygens (including phenoxy) is 1. The van der Waals surface area contributed by atoms with Crippen molar-refractivity contribution in [2.24, 2.45) is 16.7 Å². The molecule has 1 aromatic carbocycles. The van der Waals surface area contributed by atoms with Gasteiger partial charge in [0.25, 0.3) is 5.91 Å². The van der Waals surface area contributed by atoms with Gasteiger partial charge in [-0.05, 0) is 37.2 Å². The molecule has 0 unspecified atom stereocenters. The quantitative estimate of drug-likeness (QED) is 0.928. The van der Waals surface area contributed by atoms with Crippen LogP contribution in [0.5, 0.6) is 0 Å². The molecule has 0 aromatic heterocycles. The first-order chi connectivity index (χ1) is 10.5. The number of nitrogens with one attached hydrogen (secondary N) is 1. The number of carbonyl (C=O) groups is 1. The van der Waals surface area contributed by atoms with Crippen LogP contribution >= 0.6 is 0 Å². The number of amides is 1. The minimum atomic E-state index is -0.568. The summed E-state index contributed by atoms with van der Waals surface area (Å²) in [4.78, 5) is 12.9. The molecule has 1 aromatic rings. The van der Waals surface area contributed by atoms with Crippen LogP contribution in [-0.4, -0.2) is 24.7 Å². The molecule has 1 saturated heterocycles. The summed E-state index contributed by atoms with van der Waals surface area (Å²) in [5.41, 5.74) is 0.906. The lowest BCUT2D eigenvalue weighted by Gasteiger charge is -2.40. The maximum atomic E-state index is 12.9. The van der Waals surface area contributed by atoms with E-state index in [4.69, 9.17) is 4.74 Å². The van der Waals surface area contributed by atoms with Crippen LogP contribution < -0.4 is 5.32 Å². The molecule has 118 valence electrons. The Labute approximate surface area is 132 Å². The highest BCUT2D eigenvalue weighted by Crippen LogP contribution is 2.74. The average Bonchev–Trinajstić information content (AvgIpc) is 3.00. The van der Waals surface area contributed by atoms with E-state index < -0.39 is 5.60 Å². The second-order valence-electron chi connectivity index (χ2n) is 7.80. The number of rotatable bonds is 4. The van der Waals surface area contributed by atoms with Crippen molar-refractivity contribution in [1.29, 1.82) is 0 Å². The Balaban J connectivity index is 1.45. The van der Waals surface area contributed by atoms with Crippen LogP contribution in [0.25, 0.3) is 0 Å². The summed E-state index contributed by atoms with van der Waals surface area (Å²) < 4.78 is 6.13. The monoisotopic (exact) mass is 299 g/mol. The minimum Gasteiger partial charge on any atom is -0.364 e. The van der Waals surface area contributed by atoms with Gasteiger partial charge in [0.1, 0.15) is 0 Å². The van der Waals surface area contributed by atoms with E-state index in [1.165, 1.54) is 12.0 Å². The Morgan fingerprint density at radius 2 is 2.09 bits per heavy atom. The SMILES string of the molecule is C[C@@]12CC[C@H]3C[C@]1(C(=O)NCCc1ccccc1)OC[C@]32C. The first-order valence-corrected chi connectivity index (χ1v) is 8.48. The second-order valence-corrected chi connectivity index (χ2v) is 7.80.